The van der Waals surface area contributed by atoms with Crippen LogP contribution in [0, 0.1) is 0 Å². The summed E-state index contributed by atoms with van der Waals surface area (Å²) in [7, 11) is 0. The molecule has 0 aromatic heterocycles. The number of anilines is 1. The van der Waals surface area contributed by atoms with Crippen LogP contribution in [0.25, 0.3) is 0 Å². The number of benzene rings is 1. The molecular weight excluding hydrogens is 249 g/mol. The Hall–Kier alpha value is -0.210. The molecule has 0 spiro atoms. The molecule has 0 bridgehead atoms. The predicted octanol–water partition coefficient (Wildman–Crippen LogP) is 2.25. The van der Waals surface area contributed by atoms with E-state index in [0.717, 1.165) is 31.6 Å². The molecule has 0 radical (unpaired) electrons. The standard InChI is InChI=1S/C10H12ClNOPS/c11-14(15)10-3-1-9(2-4-10)12-5-7-13-8-6-12/h1-4H,5-8H2/q+1. The molecule has 1 unspecified atom stereocenters. The quantitative estimate of drug-likeness (QED) is 0.757. The Balaban J connectivity index is 2.11. The fourth-order valence-corrected chi connectivity index (χ4v) is 2.69. The zero-order valence-electron chi connectivity index (χ0n) is 8.23. The third kappa shape index (κ3) is 2.88. The van der Waals surface area contributed by atoms with Gasteiger partial charge in [0, 0.05) is 18.8 Å². The van der Waals surface area contributed by atoms with Gasteiger partial charge in [-0.25, -0.2) is 0 Å². The van der Waals surface area contributed by atoms with Crippen molar-refractivity contribution in [1.29, 1.82) is 0 Å². The van der Waals surface area contributed by atoms with Crippen molar-refractivity contribution in [2.75, 3.05) is 31.2 Å². The molecule has 80 valence electrons. The summed E-state index contributed by atoms with van der Waals surface area (Å²) in [6.07, 6.45) is 0. The largest absolute Gasteiger partial charge is 0.378 e. The molecule has 1 saturated heterocycles. The van der Waals surface area contributed by atoms with Crippen molar-refractivity contribution in [3.8, 4) is 0 Å². The Kier molecular flexibility index (Phi) is 3.92. The van der Waals surface area contributed by atoms with E-state index in [0.29, 0.717) is 0 Å². The molecule has 0 amide bonds. The third-order valence-electron chi connectivity index (χ3n) is 2.43. The Morgan fingerprint density at radius 3 is 2.33 bits per heavy atom. The first-order valence-electron chi connectivity index (χ1n) is 4.83. The zero-order chi connectivity index (χ0) is 10.7. The van der Waals surface area contributed by atoms with Crippen LogP contribution in [0.15, 0.2) is 24.3 Å². The van der Waals surface area contributed by atoms with Gasteiger partial charge in [0.15, 0.2) is 28.4 Å². The molecule has 1 aliphatic heterocycles. The van der Waals surface area contributed by atoms with Gasteiger partial charge in [-0.2, -0.15) is 0 Å². The van der Waals surface area contributed by atoms with Crippen molar-refractivity contribution < 1.29 is 4.74 Å². The lowest BCUT2D eigenvalue weighted by Gasteiger charge is -2.28. The van der Waals surface area contributed by atoms with Crippen molar-refractivity contribution in [2.24, 2.45) is 0 Å². The molecular formula is C10H12ClNOPS+. The Morgan fingerprint density at radius 1 is 1.20 bits per heavy atom. The number of hydrogen-bond acceptors (Lipinski definition) is 3. The summed E-state index contributed by atoms with van der Waals surface area (Å²) in [5.41, 5.74) is 1.23. The molecule has 1 aromatic carbocycles. The van der Waals surface area contributed by atoms with E-state index in [1.807, 2.05) is 12.1 Å². The summed E-state index contributed by atoms with van der Waals surface area (Å²) in [6, 6.07) is 7.31. The fraction of sp³-hybridized carbons (Fsp3) is 0.400. The normalized spacial score (nSPS) is 17.7. The number of nitrogens with zero attached hydrogens (tertiary/aromatic N) is 1. The maximum atomic E-state index is 5.89. The molecule has 5 heteroatoms. The van der Waals surface area contributed by atoms with Gasteiger partial charge in [-0.05, 0) is 24.3 Å². The first-order chi connectivity index (χ1) is 7.27. The minimum absolute atomic E-state index is 0.811. The Morgan fingerprint density at radius 2 is 1.80 bits per heavy atom. The second kappa shape index (κ2) is 5.22. The molecule has 0 saturated carbocycles. The average Bonchev–Trinajstić information content (AvgIpc) is 2.30. The highest BCUT2D eigenvalue weighted by atomic mass is 35.7. The van der Waals surface area contributed by atoms with Gasteiger partial charge in [-0.3, -0.25) is 0 Å². The Labute approximate surface area is 100 Å². The van der Waals surface area contributed by atoms with Crippen LogP contribution in [0.5, 0.6) is 0 Å². The van der Waals surface area contributed by atoms with E-state index in [4.69, 9.17) is 27.8 Å². The van der Waals surface area contributed by atoms with E-state index in [2.05, 4.69) is 17.0 Å². The van der Waals surface area contributed by atoms with Crippen LogP contribution in [0.2, 0.25) is 0 Å². The average molecular weight is 261 g/mol. The monoisotopic (exact) mass is 260 g/mol. The van der Waals surface area contributed by atoms with E-state index in [-0.39, 0.29) is 0 Å². The molecule has 0 aliphatic carbocycles. The van der Waals surface area contributed by atoms with Gasteiger partial charge in [-0.1, -0.05) is 0 Å². The van der Waals surface area contributed by atoms with Gasteiger partial charge < -0.3 is 9.64 Å². The second-order valence-electron chi connectivity index (χ2n) is 3.36. The number of hydrogen-bond donors (Lipinski definition) is 0. The van der Waals surface area contributed by atoms with Crippen molar-refractivity contribution >= 4 is 40.1 Å². The molecule has 1 aromatic rings. The molecule has 2 nitrogen and oxygen atoms in total. The third-order valence-corrected chi connectivity index (χ3v) is 4.35. The molecule has 2 rings (SSSR count). The van der Waals surface area contributed by atoms with Crippen LogP contribution in [0.3, 0.4) is 0 Å². The van der Waals surface area contributed by atoms with Crippen LogP contribution < -0.4 is 10.2 Å². The van der Waals surface area contributed by atoms with Gasteiger partial charge in [-0.15, -0.1) is 0 Å². The molecule has 0 N–H and O–H groups in total. The maximum Gasteiger partial charge on any atom is 0.327 e. The first-order valence-corrected chi connectivity index (χ1v) is 8.09. The highest BCUT2D eigenvalue weighted by Gasteiger charge is 2.14. The molecule has 1 atom stereocenters. The summed E-state index contributed by atoms with van der Waals surface area (Å²) >= 11 is 10.9. The zero-order valence-corrected chi connectivity index (χ0v) is 10.7. The molecule has 15 heavy (non-hydrogen) atoms. The van der Waals surface area contributed by atoms with E-state index >= 15 is 0 Å². The first kappa shape index (κ1) is 11.3. The highest BCUT2D eigenvalue weighted by molar-refractivity contribution is 8.20. The summed E-state index contributed by atoms with van der Waals surface area (Å²) in [5, 5.41) is 1.05. The highest BCUT2D eigenvalue weighted by Crippen LogP contribution is 2.26. The summed E-state index contributed by atoms with van der Waals surface area (Å²) < 4.78 is 5.31. The lowest BCUT2D eigenvalue weighted by atomic mass is 10.2. The van der Waals surface area contributed by atoms with Crippen molar-refractivity contribution in [1.82, 2.24) is 0 Å². The number of halogens is 1. The summed E-state index contributed by atoms with van der Waals surface area (Å²) in [5.74, 6) is 0. The molecule has 1 fully saturated rings. The van der Waals surface area contributed by atoms with Gasteiger partial charge in [0.1, 0.15) is 0 Å². The summed E-state index contributed by atoms with van der Waals surface area (Å²) in [4.78, 5) is 2.31. The number of morpholine rings is 1. The second-order valence-corrected chi connectivity index (χ2v) is 7.08. The summed E-state index contributed by atoms with van der Waals surface area (Å²) in [6.45, 7) is 3.54. The topological polar surface area (TPSA) is 12.5 Å². The Bertz CT molecular complexity index is 351. The fourth-order valence-electron chi connectivity index (χ4n) is 1.60. The molecule has 1 aliphatic rings. The van der Waals surface area contributed by atoms with E-state index < -0.39 is 6.05 Å². The van der Waals surface area contributed by atoms with E-state index in [1.165, 1.54) is 5.69 Å². The van der Waals surface area contributed by atoms with Crippen LogP contribution in [-0.4, -0.2) is 26.3 Å². The number of rotatable bonds is 2. The van der Waals surface area contributed by atoms with E-state index in [9.17, 15) is 0 Å². The van der Waals surface area contributed by atoms with Crippen molar-refractivity contribution in [3.05, 3.63) is 24.3 Å². The van der Waals surface area contributed by atoms with Gasteiger partial charge in [0.2, 0.25) is 0 Å². The van der Waals surface area contributed by atoms with Crippen molar-refractivity contribution in [3.63, 3.8) is 0 Å². The van der Waals surface area contributed by atoms with Crippen molar-refractivity contribution in [2.45, 2.75) is 0 Å². The molecule has 1 heterocycles. The predicted molar refractivity (Wildman–Crippen MR) is 69.2 cm³/mol. The van der Waals surface area contributed by atoms with Crippen LogP contribution >= 0.6 is 17.3 Å². The number of ether oxygens (including phenoxy) is 1. The smallest absolute Gasteiger partial charge is 0.327 e. The lowest BCUT2D eigenvalue weighted by molar-refractivity contribution is 0.122. The van der Waals surface area contributed by atoms with Gasteiger partial charge >= 0.3 is 6.05 Å². The van der Waals surface area contributed by atoms with E-state index in [1.54, 1.807) is 0 Å². The lowest BCUT2D eigenvalue weighted by Crippen LogP contribution is -2.36. The van der Waals surface area contributed by atoms with Crippen LogP contribution in [0.1, 0.15) is 0 Å². The van der Waals surface area contributed by atoms with Gasteiger partial charge in [0.05, 0.1) is 13.2 Å². The SMILES string of the molecule is S=[P+](Cl)c1ccc(N2CCOCC2)cc1. The minimum Gasteiger partial charge on any atom is -0.378 e. The van der Waals surface area contributed by atoms with Gasteiger partial charge in [0.25, 0.3) is 0 Å². The maximum absolute atomic E-state index is 5.89. The minimum atomic E-state index is -0.913. The van der Waals surface area contributed by atoms with Crippen LogP contribution in [-0.2, 0) is 16.5 Å². The van der Waals surface area contributed by atoms with Crippen LogP contribution in [0.4, 0.5) is 5.69 Å².